The van der Waals surface area contributed by atoms with Gasteiger partial charge >= 0.3 is 6.36 Å². The molecule has 7 heteroatoms. The highest BCUT2D eigenvalue weighted by Crippen LogP contribution is 2.38. The highest BCUT2D eigenvalue weighted by Gasteiger charge is 2.31. The zero-order valence-corrected chi connectivity index (χ0v) is 19.3. The van der Waals surface area contributed by atoms with Crippen LogP contribution in [0.15, 0.2) is 48.5 Å². The number of benzene rings is 3. The van der Waals surface area contributed by atoms with Crippen LogP contribution in [0.3, 0.4) is 0 Å². The Bertz CT molecular complexity index is 1160. The molecule has 3 aromatic carbocycles. The van der Waals surface area contributed by atoms with E-state index in [1.807, 2.05) is 0 Å². The SMILES string of the molecule is CCCCCc1cc(F)c(C2CCc3cc(-c4ccc(OC(F)(F)F)cc4)c(F)cc3C2)c(F)c1. The highest BCUT2D eigenvalue weighted by atomic mass is 19.4. The van der Waals surface area contributed by atoms with Crippen molar-refractivity contribution in [1.82, 2.24) is 0 Å². The van der Waals surface area contributed by atoms with Crippen molar-refractivity contribution in [2.24, 2.45) is 0 Å². The Morgan fingerprint density at radius 2 is 1.54 bits per heavy atom. The Balaban J connectivity index is 1.54. The van der Waals surface area contributed by atoms with Gasteiger partial charge in [0.05, 0.1) is 0 Å². The third-order valence-corrected chi connectivity index (χ3v) is 6.53. The van der Waals surface area contributed by atoms with Gasteiger partial charge in [0.1, 0.15) is 23.2 Å². The molecule has 186 valence electrons. The van der Waals surface area contributed by atoms with Crippen molar-refractivity contribution in [2.45, 2.75) is 64.1 Å². The molecular formula is C28H26F6O. The number of hydrogen-bond acceptors (Lipinski definition) is 1. The van der Waals surface area contributed by atoms with Crippen molar-refractivity contribution in [1.29, 1.82) is 0 Å². The van der Waals surface area contributed by atoms with Gasteiger partial charge in [-0.3, -0.25) is 0 Å². The van der Waals surface area contributed by atoms with E-state index >= 15 is 0 Å². The van der Waals surface area contributed by atoms with Crippen LogP contribution < -0.4 is 4.74 Å². The minimum Gasteiger partial charge on any atom is -0.406 e. The van der Waals surface area contributed by atoms with E-state index in [9.17, 15) is 26.3 Å². The molecule has 0 radical (unpaired) electrons. The fourth-order valence-corrected chi connectivity index (χ4v) is 4.83. The Morgan fingerprint density at radius 1 is 0.857 bits per heavy atom. The monoisotopic (exact) mass is 492 g/mol. The van der Waals surface area contributed by atoms with Crippen molar-refractivity contribution in [3.63, 3.8) is 0 Å². The number of ether oxygens (including phenoxy) is 1. The molecule has 1 unspecified atom stereocenters. The van der Waals surface area contributed by atoms with Gasteiger partial charge in [0.25, 0.3) is 0 Å². The first kappa shape index (κ1) is 25.1. The maximum absolute atomic E-state index is 15.0. The average Bonchev–Trinajstić information content (AvgIpc) is 2.78. The quantitative estimate of drug-likeness (QED) is 0.237. The van der Waals surface area contributed by atoms with Gasteiger partial charge in [0.15, 0.2) is 0 Å². The Morgan fingerprint density at radius 3 is 2.17 bits per heavy atom. The number of aryl methyl sites for hydroxylation is 2. The molecule has 0 fully saturated rings. The predicted octanol–water partition coefficient (Wildman–Crippen LogP) is 8.67. The predicted molar refractivity (Wildman–Crippen MR) is 123 cm³/mol. The van der Waals surface area contributed by atoms with Crippen molar-refractivity contribution < 1.29 is 31.1 Å². The molecule has 0 heterocycles. The number of fused-ring (bicyclic) bond motifs is 1. The van der Waals surface area contributed by atoms with E-state index in [0.29, 0.717) is 42.4 Å². The van der Waals surface area contributed by atoms with Gasteiger partial charge in [-0.25, -0.2) is 13.2 Å². The molecule has 0 bridgehead atoms. The summed E-state index contributed by atoms with van der Waals surface area (Å²) in [5.74, 6) is -2.42. The first-order valence-electron chi connectivity index (χ1n) is 11.8. The van der Waals surface area contributed by atoms with Crippen LogP contribution in [0.4, 0.5) is 26.3 Å². The second-order valence-electron chi connectivity index (χ2n) is 9.04. The van der Waals surface area contributed by atoms with Gasteiger partial charge in [-0.2, -0.15) is 0 Å². The van der Waals surface area contributed by atoms with Crippen LogP contribution in [0.25, 0.3) is 11.1 Å². The van der Waals surface area contributed by atoms with Gasteiger partial charge in [0, 0.05) is 11.1 Å². The van der Waals surface area contributed by atoms with Crippen LogP contribution in [0.5, 0.6) is 5.75 Å². The molecule has 1 nitrogen and oxygen atoms in total. The molecule has 0 aliphatic heterocycles. The van der Waals surface area contributed by atoms with Crippen LogP contribution in [0.2, 0.25) is 0 Å². The lowest BCUT2D eigenvalue weighted by Crippen LogP contribution is -2.17. The summed E-state index contributed by atoms with van der Waals surface area (Å²) in [6.45, 7) is 2.07. The number of hydrogen-bond donors (Lipinski definition) is 0. The van der Waals surface area contributed by atoms with Gasteiger partial charge in [-0.15, -0.1) is 13.2 Å². The van der Waals surface area contributed by atoms with Crippen LogP contribution in [0, 0.1) is 17.5 Å². The second-order valence-corrected chi connectivity index (χ2v) is 9.04. The molecule has 0 saturated carbocycles. The van der Waals surface area contributed by atoms with Gasteiger partial charge < -0.3 is 4.74 Å². The van der Waals surface area contributed by atoms with Crippen LogP contribution in [-0.4, -0.2) is 6.36 Å². The fourth-order valence-electron chi connectivity index (χ4n) is 4.83. The van der Waals surface area contributed by atoms with Crippen molar-refractivity contribution in [3.05, 3.63) is 88.2 Å². The summed E-state index contributed by atoms with van der Waals surface area (Å²) in [7, 11) is 0. The smallest absolute Gasteiger partial charge is 0.406 e. The Labute approximate surface area is 200 Å². The molecule has 0 aromatic heterocycles. The summed E-state index contributed by atoms with van der Waals surface area (Å²) < 4.78 is 85.7. The summed E-state index contributed by atoms with van der Waals surface area (Å²) >= 11 is 0. The molecule has 0 saturated heterocycles. The number of alkyl halides is 3. The molecule has 4 rings (SSSR count). The Kier molecular flexibility index (Phi) is 7.43. The average molecular weight is 493 g/mol. The van der Waals surface area contributed by atoms with Gasteiger partial charge in [0.2, 0.25) is 0 Å². The minimum atomic E-state index is -4.80. The van der Waals surface area contributed by atoms with Crippen LogP contribution in [-0.2, 0) is 19.3 Å². The Hall–Kier alpha value is -2.96. The largest absolute Gasteiger partial charge is 0.573 e. The fraction of sp³-hybridized carbons (Fsp3) is 0.357. The first-order chi connectivity index (χ1) is 16.6. The standard InChI is InChI=1S/C28H26F6O/c1-2-3-4-5-17-12-25(30)27(26(31)13-17)20-7-6-19-15-23(24(29)16-21(19)14-20)18-8-10-22(11-9-18)35-28(32,33)34/h8-13,15-16,20H,2-7,14H2,1H3. The highest BCUT2D eigenvalue weighted by molar-refractivity contribution is 5.67. The molecule has 0 N–H and O–H groups in total. The maximum atomic E-state index is 15.0. The van der Waals surface area contributed by atoms with E-state index in [0.717, 1.165) is 37.0 Å². The van der Waals surface area contributed by atoms with Crippen LogP contribution in [0.1, 0.15) is 60.8 Å². The first-order valence-corrected chi connectivity index (χ1v) is 11.8. The lowest BCUT2D eigenvalue weighted by molar-refractivity contribution is -0.274. The second kappa shape index (κ2) is 10.3. The molecule has 1 atom stereocenters. The molecule has 1 aliphatic rings. The minimum absolute atomic E-state index is 0.0552. The van der Waals surface area contributed by atoms with Crippen molar-refractivity contribution >= 4 is 0 Å². The lowest BCUT2D eigenvalue weighted by Gasteiger charge is -2.27. The van der Waals surface area contributed by atoms with Gasteiger partial charge in [-0.05, 0) is 96.7 Å². The number of unbranched alkanes of at least 4 members (excludes halogenated alkanes) is 2. The number of halogens is 6. The summed E-state index contributed by atoms with van der Waals surface area (Å²) in [6.07, 6.45) is 0.0818. The molecule has 1 aliphatic carbocycles. The van der Waals surface area contributed by atoms with E-state index in [-0.39, 0.29) is 16.9 Å². The third-order valence-electron chi connectivity index (χ3n) is 6.53. The van der Waals surface area contributed by atoms with Crippen LogP contribution >= 0.6 is 0 Å². The lowest BCUT2D eigenvalue weighted by atomic mass is 9.78. The van der Waals surface area contributed by atoms with E-state index in [2.05, 4.69) is 11.7 Å². The van der Waals surface area contributed by atoms with Crippen molar-refractivity contribution in [2.75, 3.05) is 0 Å². The van der Waals surface area contributed by atoms with E-state index in [1.54, 1.807) is 6.07 Å². The topological polar surface area (TPSA) is 9.23 Å². The summed E-state index contributed by atoms with van der Waals surface area (Å²) in [5.41, 5.74) is 2.93. The third kappa shape index (κ3) is 6.00. The van der Waals surface area contributed by atoms with E-state index in [1.165, 1.54) is 30.3 Å². The molecule has 3 aromatic rings. The maximum Gasteiger partial charge on any atom is 0.573 e. The summed E-state index contributed by atoms with van der Waals surface area (Å²) in [5, 5.41) is 0. The van der Waals surface area contributed by atoms with Gasteiger partial charge in [-0.1, -0.05) is 31.9 Å². The summed E-state index contributed by atoms with van der Waals surface area (Å²) in [4.78, 5) is 0. The van der Waals surface area contributed by atoms with E-state index in [4.69, 9.17) is 0 Å². The van der Waals surface area contributed by atoms with Crippen molar-refractivity contribution in [3.8, 4) is 16.9 Å². The molecular weight excluding hydrogens is 466 g/mol. The zero-order chi connectivity index (χ0) is 25.2. The normalized spacial score (nSPS) is 15.7. The molecule has 0 spiro atoms. The summed E-state index contributed by atoms with van der Waals surface area (Å²) in [6, 6.07) is 10.9. The molecule has 35 heavy (non-hydrogen) atoms. The van der Waals surface area contributed by atoms with E-state index < -0.39 is 29.7 Å². The number of rotatable bonds is 7. The molecule has 0 amide bonds. The zero-order valence-electron chi connectivity index (χ0n) is 19.3.